The van der Waals surface area contributed by atoms with Crippen molar-refractivity contribution in [2.45, 2.75) is 24.9 Å². The smallest absolute Gasteiger partial charge is 0.298 e. The summed E-state index contributed by atoms with van der Waals surface area (Å²) in [6.45, 7) is 1.81. The van der Waals surface area contributed by atoms with E-state index >= 15 is 0 Å². The molecule has 0 bridgehead atoms. The lowest BCUT2D eigenvalue weighted by Crippen LogP contribution is -2.34. The molecule has 1 fully saturated rings. The molecule has 0 amide bonds. The maximum atomic E-state index is 14.5. The third-order valence-corrected chi connectivity index (χ3v) is 3.94. The first kappa shape index (κ1) is 15.7. The van der Waals surface area contributed by atoms with Gasteiger partial charge in [0.05, 0.1) is 0 Å². The Morgan fingerprint density at radius 1 is 1.04 bits per heavy atom. The number of pyridine rings is 1. The molecule has 4 nitrogen and oxygen atoms in total. The first-order chi connectivity index (χ1) is 11.1. The van der Waals surface area contributed by atoms with Crippen molar-refractivity contribution >= 4 is 0 Å². The molecular weight excluding hydrogens is 302 g/mol. The number of hydrogen-bond donors (Lipinski definition) is 2. The first-order valence-electron chi connectivity index (χ1n) is 7.60. The molecule has 1 aliphatic heterocycles. The normalized spacial score (nSPS) is 16.3. The van der Waals surface area contributed by atoms with Crippen LogP contribution >= 0.6 is 0 Å². The average molecular weight is 320 g/mol. The van der Waals surface area contributed by atoms with Crippen molar-refractivity contribution in [2.24, 2.45) is 0 Å². The summed E-state index contributed by atoms with van der Waals surface area (Å²) in [4.78, 5) is 13.6. The van der Waals surface area contributed by atoms with E-state index in [2.05, 4.69) is 10.3 Å². The van der Waals surface area contributed by atoms with E-state index in [1.165, 1.54) is 24.4 Å². The van der Waals surface area contributed by atoms with Crippen molar-refractivity contribution in [3.63, 3.8) is 0 Å². The fraction of sp³-hybridized carbons (Fsp3) is 0.353. The molecule has 2 heterocycles. The van der Waals surface area contributed by atoms with Crippen LogP contribution in [0, 0.1) is 0 Å². The number of hydrogen-bond acceptors (Lipinski definition) is 3. The van der Waals surface area contributed by atoms with Crippen molar-refractivity contribution in [3.05, 3.63) is 64.1 Å². The third-order valence-electron chi connectivity index (χ3n) is 3.94. The van der Waals surface area contributed by atoms with Gasteiger partial charge in [0.2, 0.25) is 5.56 Å². The minimum Gasteiger partial charge on any atom is -0.490 e. The molecule has 1 aliphatic rings. The van der Waals surface area contributed by atoms with Crippen molar-refractivity contribution in [2.75, 3.05) is 13.1 Å². The van der Waals surface area contributed by atoms with Crippen LogP contribution in [0.25, 0.3) is 0 Å². The van der Waals surface area contributed by atoms with Gasteiger partial charge in [-0.2, -0.15) is 8.78 Å². The molecule has 0 unspecified atom stereocenters. The molecule has 0 atom stereocenters. The fourth-order valence-corrected chi connectivity index (χ4v) is 2.66. The standard InChI is InChI=1S/C17H18F2N2O2/c18-17(19,13-5-10-21-16(22)11-13)12-1-3-14(4-2-12)23-15-6-8-20-9-7-15/h1-5,10-11,15,20H,6-9H2,(H,21,22). The van der Waals surface area contributed by atoms with Gasteiger partial charge in [-0.15, -0.1) is 0 Å². The highest BCUT2D eigenvalue weighted by Gasteiger charge is 2.34. The Hall–Kier alpha value is -2.21. The summed E-state index contributed by atoms with van der Waals surface area (Å²) in [6, 6.07) is 7.92. The second-order valence-corrected chi connectivity index (χ2v) is 5.61. The molecule has 122 valence electrons. The first-order valence-corrected chi connectivity index (χ1v) is 7.60. The van der Waals surface area contributed by atoms with E-state index in [-0.39, 0.29) is 17.2 Å². The lowest BCUT2D eigenvalue weighted by atomic mass is 10.0. The SMILES string of the molecule is O=c1cc(C(F)(F)c2ccc(OC3CCNCC3)cc2)cc[nH]1. The monoisotopic (exact) mass is 320 g/mol. The Morgan fingerprint density at radius 3 is 2.39 bits per heavy atom. The predicted molar refractivity (Wildman–Crippen MR) is 83.0 cm³/mol. The number of rotatable bonds is 4. The number of benzene rings is 1. The van der Waals surface area contributed by atoms with Crippen LogP contribution in [0.1, 0.15) is 24.0 Å². The molecule has 3 rings (SSSR count). The lowest BCUT2D eigenvalue weighted by Gasteiger charge is -2.24. The summed E-state index contributed by atoms with van der Waals surface area (Å²) < 4.78 is 34.7. The van der Waals surface area contributed by atoms with E-state index in [1.54, 1.807) is 12.1 Å². The van der Waals surface area contributed by atoms with E-state index in [9.17, 15) is 13.6 Å². The van der Waals surface area contributed by atoms with Gasteiger partial charge in [0.1, 0.15) is 11.9 Å². The zero-order chi connectivity index (χ0) is 16.3. The van der Waals surface area contributed by atoms with E-state index in [0.29, 0.717) is 5.75 Å². The van der Waals surface area contributed by atoms with Crippen LogP contribution in [0.3, 0.4) is 0 Å². The maximum absolute atomic E-state index is 14.5. The Morgan fingerprint density at radius 2 is 1.74 bits per heavy atom. The van der Waals surface area contributed by atoms with Gasteiger partial charge in [-0.25, -0.2) is 0 Å². The van der Waals surface area contributed by atoms with Crippen LogP contribution in [0.15, 0.2) is 47.4 Å². The van der Waals surface area contributed by atoms with Gasteiger partial charge in [-0.3, -0.25) is 4.79 Å². The largest absolute Gasteiger partial charge is 0.490 e. The predicted octanol–water partition coefficient (Wildman–Crippen LogP) is 2.65. The maximum Gasteiger partial charge on any atom is 0.298 e. The van der Waals surface area contributed by atoms with Crippen molar-refractivity contribution < 1.29 is 13.5 Å². The van der Waals surface area contributed by atoms with Gasteiger partial charge in [0, 0.05) is 23.4 Å². The number of nitrogens with one attached hydrogen (secondary N) is 2. The lowest BCUT2D eigenvalue weighted by molar-refractivity contribution is 0.0425. The van der Waals surface area contributed by atoms with Crippen LogP contribution in [0.4, 0.5) is 8.78 Å². The Labute approximate surface area is 132 Å². The molecule has 0 spiro atoms. The summed E-state index contributed by atoms with van der Waals surface area (Å²) in [7, 11) is 0. The number of ether oxygens (including phenoxy) is 1. The van der Waals surface area contributed by atoms with Gasteiger partial charge < -0.3 is 15.0 Å². The number of alkyl halides is 2. The molecule has 23 heavy (non-hydrogen) atoms. The van der Waals surface area contributed by atoms with Gasteiger partial charge in [-0.1, -0.05) is 0 Å². The summed E-state index contributed by atoms with van der Waals surface area (Å²) in [6.07, 6.45) is 3.16. The van der Waals surface area contributed by atoms with Crippen molar-refractivity contribution in [1.29, 1.82) is 0 Å². The van der Waals surface area contributed by atoms with Gasteiger partial charge in [0.25, 0.3) is 5.92 Å². The Bertz CT molecular complexity index is 707. The van der Waals surface area contributed by atoms with E-state index in [4.69, 9.17) is 4.74 Å². The van der Waals surface area contributed by atoms with E-state index in [0.717, 1.165) is 32.0 Å². The summed E-state index contributed by atoms with van der Waals surface area (Å²) in [5, 5.41) is 3.24. The summed E-state index contributed by atoms with van der Waals surface area (Å²) >= 11 is 0. The summed E-state index contributed by atoms with van der Waals surface area (Å²) in [5.41, 5.74) is -1.04. The Kier molecular flexibility index (Phi) is 4.43. The van der Waals surface area contributed by atoms with Gasteiger partial charge in [0.15, 0.2) is 0 Å². The minimum absolute atomic E-state index is 0.121. The van der Waals surface area contributed by atoms with E-state index < -0.39 is 11.5 Å². The molecule has 2 N–H and O–H groups in total. The van der Waals surface area contributed by atoms with Gasteiger partial charge >= 0.3 is 0 Å². The molecular formula is C17H18F2N2O2. The molecule has 1 aromatic heterocycles. The molecule has 0 radical (unpaired) electrons. The molecule has 0 saturated carbocycles. The minimum atomic E-state index is -3.22. The highest BCUT2D eigenvalue weighted by Crippen LogP contribution is 2.35. The molecule has 1 saturated heterocycles. The van der Waals surface area contributed by atoms with Crippen LogP contribution in [0.2, 0.25) is 0 Å². The average Bonchev–Trinajstić information content (AvgIpc) is 2.56. The van der Waals surface area contributed by atoms with Crippen LogP contribution in [0.5, 0.6) is 5.75 Å². The van der Waals surface area contributed by atoms with Gasteiger partial charge in [-0.05, 0) is 56.3 Å². The summed E-state index contributed by atoms with van der Waals surface area (Å²) in [5.74, 6) is -2.64. The highest BCUT2D eigenvalue weighted by atomic mass is 19.3. The molecule has 1 aromatic carbocycles. The van der Waals surface area contributed by atoms with Crippen LogP contribution < -0.4 is 15.6 Å². The van der Waals surface area contributed by atoms with Crippen molar-refractivity contribution in [1.82, 2.24) is 10.3 Å². The van der Waals surface area contributed by atoms with Crippen LogP contribution in [-0.4, -0.2) is 24.2 Å². The zero-order valence-electron chi connectivity index (χ0n) is 12.5. The second kappa shape index (κ2) is 6.50. The second-order valence-electron chi connectivity index (χ2n) is 5.61. The van der Waals surface area contributed by atoms with E-state index in [1.807, 2.05) is 0 Å². The number of halogens is 2. The number of H-pyrrole nitrogens is 1. The van der Waals surface area contributed by atoms with Crippen LogP contribution in [-0.2, 0) is 5.92 Å². The zero-order valence-corrected chi connectivity index (χ0v) is 12.5. The topological polar surface area (TPSA) is 54.1 Å². The molecule has 0 aliphatic carbocycles. The number of aromatic nitrogens is 1. The third kappa shape index (κ3) is 3.59. The number of aromatic amines is 1. The fourth-order valence-electron chi connectivity index (χ4n) is 2.66. The quantitative estimate of drug-likeness (QED) is 0.910. The van der Waals surface area contributed by atoms with Crippen molar-refractivity contribution in [3.8, 4) is 5.75 Å². The molecule has 2 aromatic rings. The highest BCUT2D eigenvalue weighted by molar-refractivity contribution is 5.36. The molecule has 6 heteroatoms. The Balaban J connectivity index is 1.76. The number of piperidine rings is 1.